The molecular formula is C23H24F3N7O. The van der Waals surface area contributed by atoms with Crippen LogP contribution in [0.25, 0.3) is 33.3 Å². The Morgan fingerprint density at radius 1 is 1.15 bits per heavy atom. The van der Waals surface area contributed by atoms with Gasteiger partial charge in [0.2, 0.25) is 5.91 Å². The van der Waals surface area contributed by atoms with Crippen molar-refractivity contribution < 1.29 is 18.0 Å². The van der Waals surface area contributed by atoms with Gasteiger partial charge in [0.25, 0.3) is 0 Å². The standard InChI is InChI=1S/C23H24F3N7O/c1-13(2)23(27,21(34)31-12-22(24,25)26)17-4-15(6-28-9-17)19-10-30-20-18(19)5-14(7-29-20)16-8-32-33(3)11-16/h4-11,13H,12,27H2,1-3H3,(H,29,30)(H,31,34)/t23-/m0/s1. The van der Waals surface area contributed by atoms with Crippen LogP contribution in [0.1, 0.15) is 19.4 Å². The van der Waals surface area contributed by atoms with Crippen LogP contribution in [0, 0.1) is 5.92 Å². The SMILES string of the molecule is CC(C)[C@@](N)(C(=O)NCC(F)(F)F)c1cncc(-c2c[nH]c3ncc(-c4cnn(C)c4)cc23)c1. The topological polar surface area (TPSA) is 115 Å². The smallest absolute Gasteiger partial charge is 0.346 e. The number of nitrogens with zero attached hydrogens (tertiary/aromatic N) is 4. The van der Waals surface area contributed by atoms with Gasteiger partial charge < -0.3 is 16.0 Å². The van der Waals surface area contributed by atoms with Crippen LogP contribution in [0.4, 0.5) is 13.2 Å². The van der Waals surface area contributed by atoms with Crippen molar-refractivity contribution in [1.29, 1.82) is 0 Å². The van der Waals surface area contributed by atoms with Gasteiger partial charge >= 0.3 is 6.18 Å². The molecule has 0 bridgehead atoms. The number of nitrogens with one attached hydrogen (secondary N) is 2. The first-order chi connectivity index (χ1) is 16.0. The number of carbonyl (C=O) groups is 1. The molecule has 0 radical (unpaired) electrons. The van der Waals surface area contributed by atoms with E-state index in [9.17, 15) is 18.0 Å². The molecule has 34 heavy (non-hydrogen) atoms. The van der Waals surface area contributed by atoms with E-state index in [2.05, 4.69) is 20.1 Å². The first kappa shape index (κ1) is 23.4. The second-order valence-corrected chi connectivity index (χ2v) is 8.51. The van der Waals surface area contributed by atoms with Gasteiger partial charge in [-0.25, -0.2) is 4.98 Å². The second-order valence-electron chi connectivity index (χ2n) is 8.51. The number of aryl methyl sites for hydroxylation is 1. The van der Waals surface area contributed by atoms with Gasteiger partial charge in [0.1, 0.15) is 17.7 Å². The van der Waals surface area contributed by atoms with E-state index in [0.29, 0.717) is 16.8 Å². The van der Waals surface area contributed by atoms with Crippen LogP contribution < -0.4 is 11.1 Å². The van der Waals surface area contributed by atoms with Gasteiger partial charge in [0.05, 0.1) is 6.20 Å². The second kappa shape index (κ2) is 8.56. The molecule has 4 N–H and O–H groups in total. The maximum Gasteiger partial charge on any atom is 0.405 e. The molecule has 4 aromatic rings. The lowest BCUT2D eigenvalue weighted by molar-refractivity contribution is -0.143. The monoisotopic (exact) mass is 471 g/mol. The highest BCUT2D eigenvalue weighted by atomic mass is 19.4. The van der Waals surface area contributed by atoms with E-state index in [1.165, 1.54) is 6.20 Å². The number of aromatic nitrogens is 5. The Bertz CT molecular complexity index is 1340. The van der Waals surface area contributed by atoms with Gasteiger partial charge in [0, 0.05) is 71.2 Å². The molecule has 4 heterocycles. The molecule has 0 spiro atoms. The molecule has 0 saturated heterocycles. The highest BCUT2D eigenvalue weighted by molar-refractivity contribution is 5.96. The van der Waals surface area contributed by atoms with E-state index in [1.807, 2.05) is 24.6 Å². The quantitative estimate of drug-likeness (QED) is 0.398. The minimum atomic E-state index is -4.54. The number of alkyl halides is 3. The van der Waals surface area contributed by atoms with Crippen molar-refractivity contribution in [1.82, 2.24) is 30.0 Å². The molecule has 0 aromatic carbocycles. The molecular weight excluding hydrogens is 447 g/mol. The summed E-state index contributed by atoms with van der Waals surface area (Å²) in [5.41, 5.74) is 8.86. The highest BCUT2D eigenvalue weighted by Gasteiger charge is 2.41. The number of fused-ring (bicyclic) bond motifs is 1. The summed E-state index contributed by atoms with van der Waals surface area (Å²) in [6.45, 7) is 1.89. The highest BCUT2D eigenvalue weighted by Crippen LogP contribution is 2.34. The number of carbonyl (C=O) groups excluding carboxylic acids is 1. The number of H-pyrrole nitrogens is 1. The summed E-state index contributed by atoms with van der Waals surface area (Å²) < 4.78 is 39.7. The Morgan fingerprint density at radius 3 is 2.56 bits per heavy atom. The molecule has 4 aromatic heterocycles. The van der Waals surface area contributed by atoms with Crippen molar-refractivity contribution in [3.05, 3.63) is 54.9 Å². The third-order valence-corrected chi connectivity index (χ3v) is 5.83. The zero-order chi connectivity index (χ0) is 24.7. The number of nitrogens with two attached hydrogens (primary N) is 1. The molecule has 4 rings (SSSR count). The van der Waals surface area contributed by atoms with Crippen molar-refractivity contribution in [3.8, 4) is 22.3 Å². The molecule has 0 aliphatic carbocycles. The van der Waals surface area contributed by atoms with Crippen LogP contribution in [0.5, 0.6) is 0 Å². The minimum Gasteiger partial charge on any atom is -0.346 e. The maximum absolute atomic E-state index is 12.8. The summed E-state index contributed by atoms with van der Waals surface area (Å²) in [6.07, 6.45) is 5.59. The zero-order valence-electron chi connectivity index (χ0n) is 18.8. The van der Waals surface area contributed by atoms with E-state index in [4.69, 9.17) is 5.73 Å². The van der Waals surface area contributed by atoms with Crippen LogP contribution in [0.2, 0.25) is 0 Å². The number of hydrogen-bond donors (Lipinski definition) is 3. The van der Waals surface area contributed by atoms with Crippen LogP contribution >= 0.6 is 0 Å². The first-order valence-corrected chi connectivity index (χ1v) is 10.5. The van der Waals surface area contributed by atoms with E-state index < -0.39 is 30.1 Å². The molecule has 1 atom stereocenters. The largest absolute Gasteiger partial charge is 0.405 e. The summed E-state index contributed by atoms with van der Waals surface area (Å²) in [7, 11) is 1.83. The lowest BCUT2D eigenvalue weighted by atomic mass is 9.80. The molecule has 0 aliphatic heterocycles. The normalized spacial score (nSPS) is 13.9. The van der Waals surface area contributed by atoms with Gasteiger partial charge in [0.15, 0.2) is 0 Å². The van der Waals surface area contributed by atoms with Crippen LogP contribution in [0.15, 0.2) is 49.3 Å². The van der Waals surface area contributed by atoms with Crippen LogP contribution in [-0.2, 0) is 17.4 Å². The van der Waals surface area contributed by atoms with Crippen molar-refractivity contribution in [2.75, 3.05) is 6.54 Å². The van der Waals surface area contributed by atoms with E-state index in [0.717, 1.165) is 22.1 Å². The summed E-state index contributed by atoms with van der Waals surface area (Å²) in [4.78, 5) is 24.6. The number of pyridine rings is 2. The predicted molar refractivity (Wildman–Crippen MR) is 121 cm³/mol. The van der Waals surface area contributed by atoms with E-state index in [1.54, 1.807) is 49.4 Å². The van der Waals surface area contributed by atoms with Gasteiger partial charge in [-0.3, -0.25) is 14.5 Å². The van der Waals surface area contributed by atoms with Gasteiger partial charge in [-0.05, 0) is 18.1 Å². The third kappa shape index (κ3) is 4.38. The fourth-order valence-corrected chi connectivity index (χ4v) is 3.84. The summed E-state index contributed by atoms with van der Waals surface area (Å²) in [6, 6.07) is 3.64. The fourth-order valence-electron chi connectivity index (χ4n) is 3.84. The van der Waals surface area contributed by atoms with E-state index >= 15 is 0 Å². The lowest BCUT2D eigenvalue weighted by Gasteiger charge is -2.32. The molecule has 1 amide bonds. The van der Waals surface area contributed by atoms with Crippen LogP contribution in [-0.4, -0.2) is 43.4 Å². The van der Waals surface area contributed by atoms with Crippen molar-refractivity contribution >= 4 is 16.9 Å². The number of amides is 1. The Balaban J connectivity index is 1.75. The molecule has 8 nitrogen and oxygen atoms in total. The average Bonchev–Trinajstić information content (AvgIpc) is 3.42. The Labute approximate surface area is 193 Å². The van der Waals surface area contributed by atoms with Crippen molar-refractivity contribution in [2.24, 2.45) is 18.7 Å². The first-order valence-electron chi connectivity index (χ1n) is 10.5. The Morgan fingerprint density at radius 2 is 1.91 bits per heavy atom. The fraction of sp³-hybridized carbons (Fsp3) is 0.304. The molecule has 178 valence electrons. The zero-order valence-corrected chi connectivity index (χ0v) is 18.8. The molecule has 0 aliphatic rings. The predicted octanol–water partition coefficient (Wildman–Crippen LogP) is 3.51. The Kier molecular flexibility index (Phi) is 5.90. The number of halogens is 3. The van der Waals surface area contributed by atoms with Crippen LogP contribution in [0.3, 0.4) is 0 Å². The molecule has 0 saturated carbocycles. The number of rotatable bonds is 6. The molecule has 0 fully saturated rings. The molecule has 11 heteroatoms. The van der Waals surface area contributed by atoms with Crippen molar-refractivity contribution in [3.63, 3.8) is 0 Å². The summed E-state index contributed by atoms with van der Waals surface area (Å²) in [5.74, 6) is -1.42. The van der Waals surface area contributed by atoms with Crippen molar-refractivity contribution in [2.45, 2.75) is 25.6 Å². The minimum absolute atomic E-state index is 0.311. The third-order valence-electron chi connectivity index (χ3n) is 5.83. The van der Waals surface area contributed by atoms with E-state index in [-0.39, 0.29) is 0 Å². The van der Waals surface area contributed by atoms with Gasteiger partial charge in [-0.2, -0.15) is 18.3 Å². The number of hydrogen-bond acceptors (Lipinski definition) is 5. The summed E-state index contributed by atoms with van der Waals surface area (Å²) >= 11 is 0. The number of aromatic amines is 1. The maximum atomic E-state index is 12.8. The Hall–Kier alpha value is -3.73. The summed E-state index contributed by atoms with van der Waals surface area (Å²) in [5, 5.41) is 6.92. The van der Waals surface area contributed by atoms with Gasteiger partial charge in [-0.15, -0.1) is 0 Å². The average molecular weight is 471 g/mol. The molecule has 0 unspecified atom stereocenters. The lowest BCUT2D eigenvalue weighted by Crippen LogP contribution is -2.56. The van der Waals surface area contributed by atoms with Gasteiger partial charge in [-0.1, -0.05) is 13.8 Å².